The summed E-state index contributed by atoms with van der Waals surface area (Å²) in [6.07, 6.45) is 0.458. The largest absolute Gasteiger partial charge is 0.492 e. The van der Waals surface area contributed by atoms with Gasteiger partial charge in [0.15, 0.2) is 0 Å². The second-order valence-corrected chi connectivity index (χ2v) is 3.96. The smallest absolute Gasteiger partial charge is 0.333 e. The summed E-state index contributed by atoms with van der Waals surface area (Å²) >= 11 is 2.99. The van der Waals surface area contributed by atoms with Gasteiger partial charge in [-0.15, -0.1) is 4.73 Å². The number of amides is 1. The lowest BCUT2D eigenvalue weighted by atomic mass is 10.3. The minimum absolute atomic E-state index is 0.0552. The molecule has 0 bridgehead atoms. The number of aromatic hydroxyl groups is 2. The lowest BCUT2D eigenvalue weighted by Gasteiger charge is -2.07. The van der Waals surface area contributed by atoms with E-state index in [0.717, 1.165) is 0 Å². The number of halogens is 1. The van der Waals surface area contributed by atoms with Crippen LogP contribution in [0.15, 0.2) is 12.1 Å². The van der Waals surface area contributed by atoms with Crippen molar-refractivity contribution in [2.45, 2.75) is 12.8 Å². The van der Waals surface area contributed by atoms with Crippen molar-refractivity contribution >= 4 is 27.8 Å². The van der Waals surface area contributed by atoms with Crippen LogP contribution in [0, 0.1) is 0 Å². The second kappa shape index (κ2) is 6.90. The van der Waals surface area contributed by atoms with Gasteiger partial charge in [0, 0.05) is 25.1 Å². The summed E-state index contributed by atoms with van der Waals surface area (Å²) in [6.45, 7) is 0.350. The number of alkyl halides is 1. The van der Waals surface area contributed by atoms with Crippen LogP contribution in [0.4, 0.5) is 0 Å². The molecule has 0 aliphatic rings. The summed E-state index contributed by atoms with van der Waals surface area (Å²) in [5.41, 5.74) is 0. The molecule has 0 saturated carbocycles. The van der Waals surface area contributed by atoms with Crippen molar-refractivity contribution in [3.8, 4) is 11.8 Å². The first-order valence-corrected chi connectivity index (χ1v) is 6.30. The Balaban J connectivity index is 2.28. The number of rotatable bonds is 6. The Morgan fingerprint density at radius 2 is 1.94 bits per heavy atom. The Morgan fingerprint density at radius 3 is 2.50 bits per heavy atom. The van der Waals surface area contributed by atoms with Crippen molar-refractivity contribution in [3.63, 3.8) is 0 Å². The zero-order valence-corrected chi connectivity index (χ0v) is 11.0. The molecule has 1 rings (SSSR count). The van der Waals surface area contributed by atoms with Crippen molar-refractivity contribution in [1.29, 1.82) is 0 Å². The third-order valence-electron chi connectivity index (χ3n) is 1.99. The highest BCUT2D eigenvalue weighted by atomic mass is 79.9. The molecule has 8 heteroatoms. The molecule has 0 aromatic carbocycles. The van der Waals surface area contributed by atoms with Crippen LogP contribution in [-0.4, -0.2) is 38.7 Å². The molecule has 100 valence electrons. The molecule has 3 N–H and O–H groups in total. The number of hydrogen-bond acceptors (Lipinski definition) is 5. The van der Waals surface area contributed by atoms with E-state index < -0.39 is 5.97 Å². The Kier molecular flexibility index (Phi) is 5.50. The zero-order chi connectivity index (χ0) is 13.5. The number of carbonyl (C=O) groups excluding carboxylic acids is 2. The minimum atomic E-state index is -0.620. The van der Waals surface area contributed by atoms with Gasteiger partial charge in [0.05, 0.1) is 5.33 Å². The highest BCUT2D eigenvalue weighted by molar-refractivity contribution is 9.09. The Hall–Kier alpha value is -1.70. The van der Waals surface area contributed by atoms with Gasteiger partial charge in [-0.05, 0) is 6.42 Å². The first-order valence-electron chi connectivity index (χ1n) is 5.18. The number of nitrogens with one attached hydrogen (secondary N) is 1. The standard InChI is InChI=1S/C10H13BrN2O5/c11-6-7(14)12-5-1-2-10(17)18-13-8(15)3-4-9(13)16/h3-4,15-16H,1-2,5-6H2,(H,12,14). The normalized spacial score (nSPS) is 10.1. The predicted molar refractivity (Wildman–Crippen MR) is 65.4 cm³/mol. The van der Waals surface area contributed by atoms with Crippen LogP contribution < -0.4 is 10.2 Å². The molecule has 0 spiro atoms. The topological polar surface area (TPSA) is 101 Å². The molecule has 1 aromatic heterocycles. The van der Waals surface area contributed by atoms with E-state index in [9.17, 15) is 19.8 Å². The average molecular weight is 321 g/mol. The third kappa shape index (κ3) is 4.28. The first kappa shape index (κ1) is 14.4. The number of nitrogens with zero attached hydrogens (tertiary/aromatic N) is 1. The van der Waals surface area contributed by atoms with Crippen LogP contribution in [0.1, 0.15) is 12.8 Å². The lowest BCUT2D eigenvalue weighted by Crippen LogP contribution is -2.26. The summed E-state index contributed by atoms with van der Waals surface area (Å²) in [5, 5.41) is 21.2. The number of carbonyl (C=O) groups is 2. The fourth-order valence-electron chi connectivity index (χ4n) is 1.15. The molecule has 0 aliphatic carbocycles. The van der Waals surface area contributed by atoms with Crippen LogP contribution in [0.3, 0.4) is 0 Å². The lowest BCUT2D eigenvalue weighted by molar-refractivity contribution is -0.145. The quantitative estimate of drug-likeness (QED) is 0.511. The van der Waals surface area contributed by atoms with Gasteiger partial charge in [0.1, 0.15) is 0 Å². The fraction of sp³-hybridized carbons (Fsp3) is 0.400. The monoisotopic (exact) mass is 320 g/mol. The maximum absolute atomic E-state index is 11.3. The van der Waals surface area contributed by atoms with Crippen molar-refractivity contribution in [1.82, 2.24) is 10.0 Å². The van der Waals surface area contributed by atoms with Crippen molar-refractivity contribution in [2.24, 2.45) is 0 Å². The van der Waals surface area contributed by atoms with Gasteiger partial charge in [0.2, 0.25) is 17.7 Å². The van der Waals surface area contributed by atoms with Crippen LogP contribution in [-0.2, 0) is 9.59 Å². The minimum Gasteiger partial charge on any atom is -0.492 e. The molecule has 1 heterocycles. The molecule has 7 nitrogen and oxygen atoms in total. The van der Waals surface area contributed by atoms with Gasteiger partial charge in [-0.3, -0.25) is 4.79 Å². The van der Waals surface area contributed by atoms with E-state index in [1.807, 2.05) is 0 Å². The average Bonchev–Trinajstić information content (AvgIpc) is 2.66. The van der Waals surface area contributed by atoms with E-state index in [-0.39, 0.29) is 29.4 Å². The molecule has 0 fully saturated rings. The van der Waals surface area contributed by atoms with Crippen LogP contribution in [0.25, 0.3) is 0 Å². The van der Waals surface area contributed by atoms with E-state index in [1.165, 1.54) is 12.1 Å². The van der Waals surface area contributed by atoms with Gasteiger partial charge < -0.3 is 20.4 Å². The fourth-order valence-corrected chi connectivity index (χ4v) is 1.35. The van der Waals surface area contributed by atoms with Gasteiger partial charge in [-0.1, -0.05) is 15.9 Å². The van der Waals surface area contributed by atoms with E-state index in [1.54, 1.807) is 0 Å². The maximum Gasteiger partial charge on any atom is 0.333 e. The maximum atomic E-state index is 11.3. The first-order chi connectivity index (χ1) is 8.54. The molecule has 0 atom stereocenters. The van der Waals surface area contributed by atoms with E-state index in [4.69, 9.17) is 4.84 Å². The zero-order valence-electron chi connectivity index (χ0n) is 9.43. The highest BCUT2D eigenvalue weighted by Gasteiger charge is 2.11. The molecular formula is C10H13BrN2O5. The summed E-state index contributed by atoms with van der Waals surface area (Å²) in [4.78, 5) is 26.9. The summed E-state index contributed by atoms with van der Waals surface area (Å²) < 4.78 is 0.624. The van der Waals surface area contributed by atoms with E-state index >= 15 is 0 Å². The van der Waals surface area contributed by atoms with Gasteiger partial charge in [0.25, 0.3) is 0 Å². The molecule has 0 saturated heterocycles. The van der Waals surface area contributed by atoms with Crippen LogP contribution in [0.5, 0.6) is 11.8 Å². The SMILES string of the molecule is O=C(CBr)NCCCC(=O)On1c(O)ccc1O. The molecule has 0 aliphatic heterocycles. The second-order valence-electron chi connectivity index (χ2n) is 3.39. The Morgan fingerprint density at radius 1 is 1.33 bits per heavy atom. The molecule has 18 heavy (non-hydrogen) atoms. The molecule has 1 aromatic rings. The highest BCUT2D eigenvalue weighted by Crippen LogP contribution is 2.18. The molecule has 1 amide bonds. The van der Waals surface area contributed by atoms with Crippen molar-refractivity contribution < 1.29 is 24.6 Å². The van der Waals surface area contributed by atoms with Crippen molar-refractivity contribution in [3.05, 3.63) is 12.1 Å². The molecule has 0 radical (unpaired) electrons. The predicted octanol–water partition coefficient (Wildman–Crippen LogP) is 0.146. The van der Waals surface area contributed by atoms with Gasteiger partial charge in [-0.2, -0.15) is 0 Å². The van der Waals surface area contributed by atoms with Crippen molar-refractivity contribution in [2.75, 3.05) is 11.9 Å². The summed E-state index contributed by atoms with van der Waals surface area (Å²) in [6, 6.07) is 2.39. The van der Waals surface area contributed by atoms with Gasteiger partial charge in [-0.25, -0.2) is 4.79 Å². The molecule has 0 unspecified atom stereocenters. The Bertz CT molecular complexity index is 412. The summed E-state index contributed by atoms with van der Waals surface area (Å²) in [5.74, 6) is -1.52. The Labute approximate surface area is 111 Å². The third-order valence-corrected chi connectivity index (χ3v) is 2.50. The molecular weight excluding hydrogens is 308 g/mol. The van der Waals surface area contributed by atoms with Crippen LogP contribution >= 0.6 is 15.9 Å². The van der Waals surface area contributed by atoms with Crippen LogP contribution in [0.2, 0.25) is 0 Å². The van der Waals surface area contributed by atoms with E-state index in [2.05, 4.69) is 21.2 Å². The number of aromatic nitrogens is 1. The number of hydrogen-bond donors (Lipinski definition) is 3. The van der Waals surface area contributed by atoms with E-state index in [0.29, 0.717) is 17.7 Å². The van der Waals surface area contributed by atoms with Gasteiger partial charge >= 0.3 is 5.97 Å². The summed E-state index contributed by atoms with van der Waals surface area (Å²) in [7, 11) is 0.